The van der Waals surface area contributed by atoms with Crippen molar-refractivity contribution in [2.24, 2.45) is 0 Å². The fourth-order valence-electron chi connectivity index (χ4n) is 2.21. The average molecular weight is 292 g/mol. The van der Waals surface area contributed by atoms with Gasteiger partial charge in [-0.3, -0.25) is 4.79 Å². The minimum Gasteiger partial charge on any atom is -0.493 e. The summed E-state index contributed by atoms with van der Waals surface area (Å²) in [6, 6.07) is 4.74. The summed E-state index contributed by atoms with van der Waals surface area (Å²) in [6.45, 7) is 3.00. The Balaban J connectivity index is 2.73. The van der Waals surface area contributed by atoms with Crippen molar-refractivity contribution in [1.82, 2.24) is 0 Å². The van der Waals surface area contributed by atoms with Crippen LogP contribution in [-0.2, 0) is 9.53 Å². The number of carbonyl (C=O) groups is 1. The highest BCUT2D eigenvalue weighted by atomic mass is 16.5. The van der Waals surface area contributed by atoms with E-state index in [0.29, 0.717) is 22.4 Å². The van der Waals surface area contributed by atoms with Gasteiger partial charge in [0.05, 0.1) is 14.2 Å². The Hall–Kier alpha value is -2.50. The van der Waals surface area contributed by atoms with Gasteiger partial charge in [-0.1, -0.05) is 0 Å². The van der Waals surface area contributed by atoms with Crippen LogP contribution in [0.1, 0.15) is 25.5 Å². The summed E-state index contributed by atoms with van der Waals surface area (Å²) in [4.78, 5) is 22.9. The third-order valence-electron chi connectivity index (χ3n) is 3.07. The number of rotatable bonds is 4. The molecule has 1 heterocycles. The number of ether oxygens (including phenoxy) is 3. The van der Waals surface area contributed by atoms with Crippen LogP contribution >= 0.6 is 0 Å². The zero-order chi connectivity index (χ0) is 15.6. The highest BCUT2D eigenvalue weighted by Crippen LogP contribution is 2.37. The van der Waals surface area contributed by atoms with Crippen molar-refractivity contribution in [3.05, 3.63) is 34.2 Å². The van der Waals surface area contributed by atoms with E-state index < -0.39 is 17.7 Å². The van der Waals surface area contributed by atoms with Crippen LogP contribution in [0, 0.1) is 0 Å². The van der Waals surface area contributed by atoms with Crippen molar-refractivity contribution in [2.75, 3.05) is 14.2 Å². The van der Waals surface area contributed by atoms with Crippen LogP contribution in [0.15, 0.2) is 27.4 Å². The third-order valence-corrected chi connectivity index (χ3v) is 3.07. The lowest BCUT2D eigenvalue weighted by molar-refractivity contribution is -0.145. The van der Waals surface area contributed by atoms with E-state index in [1.807, 2.05) is 0 Å². The van der Waals surface area contributed by atoms with Gasteiger partial charge >= 0.3 is 11.6 Å². The second-order valence-electron chi connectivity index (χ2n) is 4.45. The van der Waals surface area contributed by atoms with Crippen LogP contribution in [0.25, 0.3) is 11.0 Å². The number of hydrogen-bond donors (Lipinski definition) is 0. The van der Waals surface area contributed by atoms with E-state index in [-0.39, 0.29) is 5.58 Å². The minimum atomic E-state index is -0.577. The van der Waals surface area contributed by atoms with Crippen molar-refractivity contribution < 1.29 is 23.4 Å². The van der Waals surface area contributed by atoms with Crippen LogP contribution < -0.4 is 15.1 Å². The van der Waals surface area contributed by atoms with Gasteiger partial charge in [0.15, 0.2) is 11.3 Å². The molecule has 1 aromatic heterocycles. The summed E-state index contributed by atoms with van der Waals surface area (Å²) in [5.74, 6) is 0.346. The Morgan fingerprint density at radius 3 is 2.52 bits per heavy atom. The zero-order valence-electron chi connectivity index (χ0n) is 12.3. The SMILES string of the molecule is COc1ccc2c(C(C)OC(C)=O)cc(=O)oc2c1OC. The normalized spacial score (nSPS) is 12.0. The van der Waals surface area contributed by atoms with Crippen LogP contribution in [0.2, 0.25) is 0 Å². The quantitative estimate of drug-likeness (QED) is 0.636. The van der Waals surface area contributed by atoms with E-state index in [0.717, 1.165) is 0 Å². The fraction of sp³-hybridized carbons (Fsp3) is 0.333. The molecule has 112 valence electrons. The first-order valence-corrected chi connectivity index (χ1v) is 6.34. The summed E-state index contributed by atoms with van der Waals surface area (Å²) in [5, 5.41) is 0.626. The molecule has 0 bridgehead atoms. The molecule has 1 atom stereocenters. The number of benzene rings is 1. The molecule has 0 radical (unpaired) electrons. The Bertz CT molecular complexity index is 731. The molecule has 0 saturated carbocycles. The van der Waals surface area contributed by atoms with Crippen LogP contribution in [0.4, 0.5) is 0 Å². The average Bonchev–Trinajstić information content (AvgIpc) is 2.44. The Morgan fingerprint density at radius 1 is 1.24 bits per heavy atom. The van der Waals surface area contributed by atoms with Crippen molar-refractivity contribution in [3.63, 3.8) is 0 Å². The molecule has 2 aromatic rings. The molecule has 1 aromatic carbocycles. The molecule has 0 N–H and O–H groups in total. The summed E-state index contributed by atoms with van der Waals surface area (Å²) >= 11 is 0. The molecule has 0 saturated heterocycles. The Morgan fingerprint density at radius 2 is 1.95 bits per heavy atom. The number of hydrogen-bond acceptors (Lipinski definition) is 6. The second-order valence-corrected chi connectivity index (χ2v) is 4.45. The van der Waals surface area contributed by atoms with Gasteiger partial charge in [-0.15, -0.1) is 0 Å². The van der Waals surface area contributed by atoms with Gasteiger partial charge in [-0.2, -0.15) is 0 Å². The lowest BCUT2D eigenvalue weighted by atomic mass is 10.1. The van der Waals surface area contributed by atoms with Gasteiger partial charge in [-0.25, -0.2) is 4.79 Å². The molecule has 0 aliphatic carbocycles. The first-order valence-electron chi connectivity index (χ1n) is 6.34. The highest BCUT2D eigenvalue weighted by molar-refractivity contribution is 5.88. The van der Waals surface area contributed by atoms with E-state index in [1.54, 1.807) is 19.1 Å². The summed E-state index contributed by atoms with van der Waals surface area (Å²) in [5.41, 5.74) is 0.263. The largest absolute Gasteiger partial charge is 0.493 e. The Labute approximate surface area is 121 Å². The van der Waals surface area contributed by atoms with Crippen molar-refractivity contribution in [1.29, 1.82) is 0 Å². The van der Waals surface area contributed by atoms with Gasteiger partial charge < -0.3 is 18.6 Å². The van der Waals surface area contributed by atoms with Gasteiger partial charge in [0.1, 0.15) is 6.10 Å². The molecule has 0 fully saturated rings. The van der Waals surface area contributed by atoms with Crippen LogP contribution in [0.5, 0.6) is 11.5 Å². The van der Waals surface area contributed by atoms with Gasteiger partial charge in [0.2, 0.25) is 5.75 Å². The smallest absolute Gasteiger partial charge is 0.336 e. The molecule has 6 nitrogen and oxygen atoms in total. The molecular weight excluding hydrogens is 276 g/mol. The zero-order valence-corrected chi connectivity index (χ0v) is 12.3. The summed E-state index contributed by atoms with van der Waals surface area (Å²) in [7, 11) is 2.95. The first-order chi connectivity index (χ1) is 9.97. The molecule has 0 aliphatic heterocycles. The molecule has 21 heavy (non-hydrogen) atoms. The highest BCUT2D eigenvalue weighted by Gasteiger charge is 2.19. The number of fused-ring (bicyclic) bond motifs is 1. The van der Waals surface area contributed by atoms with Crippen molar-refractivity contribution >= 4 is 16.9 Å². The lowest BCUT2D eigenvalue weighted by Crippen LogP contribution is -2.09. The van der Waals surface area contributed by atoms with Crippen LogP contribution in [-0.4, -0.2) is 20.2 Å². The summed E-state index contributed by atoms with van der Waals surface area (Å²) < 4.78 is 20.8. The van der Waals surface area contributed by atoms with Crippen molar-refractivity contribution in [2.45, 2.75) is 20.0 Å². The molecule has 0 spiro atoms. The molecule has 0 amide bonds. The minimum absolute atomic E-state index is 0.262. The maximum Gasteiger partial charge on any atom is 0.336 e. The monoisotopic (exact) mass is 292 g/mol. The van der Waals surface area contributed by atoms with Crippen molar-refractivity contribution in [3.8, 4) is 11.5 Å². The van der Waals surface area contributed by atoms with Gasteiger partial charge in [-0.05, 0) is 19.1 Å². The first kappa shape index (κ1) is 14.9. The molecule has 1 unspecified atom stereocenters. The third kappa shape index (κ3) is 2.84. The maximum atomic E-state index is 11.8. The second kappa shape index (κ2) is 5.87. The maximum absolute atomic E-state index is 11.8. The summed E-state index contributed by atoms with van der Waals surface area (Å²) in [6.07, 6.45) is -0.577. The standard InChI is InChI=1S/C15H16O6/c1-8(20-9(2)16)11-7-13(17)21-14-10(11)5-6-12(18-3)15(14)19-4/h5-8H,1-4H3. The van der Waals surface area contributed by atoms with Gasteiger partial charge in [0, 0.05) is 23.9 Å². The molecule has 6 heteroatoms. The Kier molecular flexibility index (Phi) is 4.16. The predicted molar refractivity (Wildman–Crippen MR) is 75.8 cm³/mol. The molecule has 0 aliphatic rings. The predicted octanol–water partition coefficient (Wildman–Crippen LogP) is 2.43. The molecular formula is C15H16O6. The van der Waals surface area contributed by atoms with Crippen LogP contribution in [0.3, 0.4) is 0 Å². The van der Waals surface area contributed by atoms with E-state index in [2.05, 4.69) is 0 Å². The fourth-order valence-corrected chi connectivity index (χ4v) is 2.21. The molecule has 2 rings (SSSR count). The van der Waals surface area contributed by atoms with Gasteiger partial charge in [0.25, 0.3) is 0 Å². The number of methoxy groups -OCH3 is 2. The van der Waals surface area contributed by atoms with E-state index in [9.17, 15) is 9.59 Å². The van der Waals surface area contributed by atoms with E-state index in [4.69, 9.17) is 18.6 Å². The number of carbonyl (C=O) groups excluding carboxylic acids is 1. The lowest BCUT2D eigenvalue weighted by Gasteiger charge is -2.15. The topological polar surface area (TPSA) is 75.0 Å². The van der Waals surface area contributed by atoms with E-state index >= 15 is 0 Å². The number of esters is 1. The van der Waals surface area contributed by atoms with E-state index in [1.165, 1.54) is 27.2 Å².